The minimum atomic E-state index is 0.713. The van der Waals surface area contributed by atoms with E-state index in [0.717, 1.165) is 17.4 Å². The van der Waals surface area contributed by atoms with Gasteiger partial charge in [-0.15, -0.1) is 5.10 Å². The minimum absolute atomic E-state index is 0.713. The highest BCUT2D eigenvalue weighted by atomic mass is 32.1. The molecule has 6 heteroatoms. The highest BCUT2D eigenvalue weighted by Crippen LogP contribution is 2.10. The molecule has 0 aliphatic heterocycles. The second-order valence-electron chi connectivity index (χ2n) is 2.76. The molecule has 1 N–H and O–H groups in total. The van der Waals surface area contributed by atoms with Gasteiger partial charge in [0.2, 0.25) is 0 Å². The summed E-state index contributed by atoms with van der Waals surface area (Å²) in [5.74, 6) is 1.03. The first-order chi connectivity index (χ1) is 6.90. The lowest BCUT2D eigenvalue weighted by Crippen LogP contribution is -2.06. The number of hydrogen-bond donors (Lipinski definition) is 1. The van der Waals surface area contributed by atoms with Gasteiger partial charge in [-0.2, -0.15) is 0 Å². The fourth-order valence-electron chi connectivity index (χ4n) is 1.21. The van der Waals surface area contributed by atoms with Crippen molar-refractivity contribution in [1.29, 1.82) is 0 Å². The van der Waals surface area contributed by atoms with E-state index in [9.17, 15) is 0 Å². The maximum atomic E-state index is 4.25. The Morgan fingerprint density at radius 1 is 1.57 bits per heavy atom. The standard InChI is InChI=1S/C8H11N5S/c1-2-13-4-3-9-7(13)5-10-8-6-11-12-14-8/h3-4,6,10H,2,5H2,1H3. The van der Waals surface area contributed by atoms with Crippen molar-refractivity contribution in [2.24, 2.45) is 0 Å². The lowest BCUT2D eigenvalue weighted by molar-refractivity contribution is 0.708. The van der Waals surface area contributed by atoms with Gasteiger partial charge in [0.25, 0.3) is 0 Å². The molecule has 0 bridgehead atoms. The lowest BCUT2D eigenvalue weighted by atomic mass is 10.5. The number of nitrogens with one attached hydrogen (secondary N) is 1. The Bertz CT molecular complexity index is 380. The predicted molar refractivity (Wildman–Crippen MR) is 55.1 cm³/mol. The first-order valence-electron chi connectivity index (χ1n) is 4.41. The summed E-state index contributed by atoms with van der Waals surface area (Å²) in [6, 6.07) is 0. The number of hydrogen-bond acceptors (Lipinski definition) is 5. The molecule has 0 atom stereocenters. The van der Waals surface area contributed by atoms with Gasteiger partial charge in [-0.3, -0.25) is 0 Å². The molecule has 0 amide bonds. The lowest BCUT2D eigenvalue weighted by Gasteiger charge is -2.04. The number of imidazole rings is 1. The SMILES string of the molecule is CCn1ccnc1CNc1cnns1. The fraction of sp³-hybridized carbons (Fsp3) is 0.375. The second kappa shape index (κ2) is 4.19. The molecule has 0 aromatic carbocycles. The molecule has 0 saturated carbocycles. The first-order valence-corrected chi connectivity index (χ1v) is 5.18. The number of rotatable bonds is 4. The van der Waals surface area contributed by atoms with Crippen LogP contribution in [0.1, 0.15) is 12.7 Å². The van der Waals surface area contributed by atoms with Crippen molar-refractivity contribution >= 4 is 16.5 Å². The summed E-state index contributed by atoms with van der Waals surface area (Å²) in [7, 11) is 0. The second-order valence-corrected chi connectivity index (χ2v) is 3.55. The molecule has 2 aromatic heterocycles. The Kier molecular flexibility index (Phi) is 2.73. The molecule has 0 spiro atoms. The van der Waals surface area contributed by atoms with Crippen LogP contribution in [0.3, 0.4) is 0 Å². The molecule has 2 aromatic rings. The third-order valence-electron chi connectivity index (χ3n) is 1.92. The van der Waals surface area contributed by atoms with Crippen molar-refractivity contribution in [3.05, 3.63) is 24.4 Å². The summed E-state index contributed by atoms with van der Waals surface area (Å²) in [5, 5.41) is 7.92. The van der Waals surface area contributed by atoms with Crippen LogP contribution in [-0.2, 0) is 13.1 Å². The van der Waals surface area contributed by atoms with E-state index in [0.29, 0.717) is 6.54 Å². The molecule has 5 nitrogen and oxygen atoms in total. The molecule has 2 rings (SSSR count). The Morgan fingerprint density at radius 3 is 3.21 bits per heavy atom. The molecular weight excluding hydrogens is 198 g/mol. The van der Waals surface area contributed by atoms with Crippen molar-refractivity contribution in [1.82, 2.24) is 19.1 Å². The van der Waals surface area contributed by atoms with Crippen LogP contribution in [0.25, 0.3) is 0 Å². The van der Waals surface area contributed by atoms with E-state index >= 15 is 0 Å². The van der Waals surface area contributed by atoms with Crippen LogP contribution in [0.2, 0.25) is 0 Å². The summed E-state index contributed by atoms with van der Waals surface area (Å²) in [6.07, 6.45) is 5.50. The van der Waals surface area contributed by atoms with Crippen molar-refractivity contribution in [2.75, 3.05) is 5.32 Å². The zero-order valence-corrected chi connectivity index (χ0v) is 8.66. The van der Waals surface area contributed by atoms with Gasteiger partial charge >= 0.3 is 0 Å². The predicted octanol–water partition coefficient (Wildman–Crippen LogP) is 1.37. The minimum Gasteiger partial charge on any atom is -0.367 e. The van der Waals surface area contributed by atoms with Crippen LogP contribution in [0.15, 0.2) is 18.6 Å². The molecule has 0 saturated heterocycles. The maximum Gasteiger partial charge on any atom is 0.130 e. The average Bonchev–Trinajstić information content (AvgIpc) is 2.85. The fourth-order valence-corrected chi connectivity index (χ4v) is 1.62. The van der Waals surface area contributed by atoms with Gasteiger partial charge in [-0.25, -0.2) is 4.98 Å². The van der Waals surface area contributed by atoms with E-state index < -0.39 is 0 Å². The highest BCUT2D eigenvalue weighted by Gasteiger charge is 2.01. The zero-order valence-electron chi connectivity index (χ0n) is 7.84. The largest absolute Gasteiger partial charge is 0.367 e. The number of aryl methyl sites for hydroxylation is 1. The molecule has 0 aliphatic carbocycles. The molecular formula is C8H11N5S. The monoisotopic (exact) mass is 209 g/mol. The van der Waals surface area contributed by atoms with Crippen LogP contribution in [0, 0.1) is 0 Å². The summed E-state index contributed by atoms with van der Waals surface area (Å²) >= 11 is 1.35. The van der Waals surface area contributed by atoms with Crippen molar-refractivity contribution in [2.45, 2.75) is 20.0 Å². The van der Waals surface area contributed by atoms with Crippen LogP contribution in [-0.4, -0.2) is 19.1 Å². The quantitative estimate of drug-likeness (QED) is 0.826. The van der Waals surface area contributed by atoms with E-state index in [1.807, 2.05) is 12.4 Å². The van der Waals surface area contributed by atoms with Crippen molar-refractivity contribution in [3.63, 3.8) is 0 Å². The van der Waals surface area contributed by atoms with E-state index in [1.165, 1.54) is 11.5 Å². The van der Waals surface area contributed by atoms with Gasteiger partial charge in [-0.1, -0.05) is 4.49 Å². The third kappa shape index (κ3) is 1.90. The van der Waals surface area contributed by atoms with Gasteiger partial charge in [0.1, 0.15) is 10.8 Å². The topological polar surface area (TPSA) is 55.6 Å². The molecule has 0 fully saturated rings. The Balaban J connectivity index is 1.98. The molecule has 14 heavy (non-hydrogen) atoms. The van der Waals surface area contributed by atoms with E-state index in [2.05, 4.69) is 31.4 Å². The average molecular weight is 209 g/mol. The highest BCUT2D eigenvalue weighted by molar-refractivity contribution is 7.09. The third-order valence-corrected chi connectivity index (χ3v) is 2.55. The van der Waals surface area contributed by atoms with E-state index in [4.69, 9.17) is 0 Å². The maximum absolute atomic E-state index is 4.25. The van der Waals surface area contributed by atoms with Crippen LogP contribution in [0.5, 0.6) is 0 Å². The molecule has 74 valence electrons. The van der Waals surface area contributed by atoms with Crippen LogP contribution in [0.4, 0.5) is 5.00 Å². The molecule has 0 aliphatic rings. The molecule has 0 unspecified atom stereocenters. The van der Waals surface area contributed by atoms with Crippen LogP contribution >= 0.6 is 11.5 Å². The van der Waals surface area contributed by atoms with Crippen molar-refractivity contribution < 1.29 is 0 Å². The molecule has 2 heterocycles. The summed E-state index contributed by atoms with van der Waals surface area (Å²) in [4.78, 5) is 4.25. The molecule has 0 radical (unpaired) electrons. The number of aromatic nitrogens is 4. The van der Waals surface area contributed by atoms with Gasteiger partial charge in [-0.05, 0) is 6.92 Å². The van der Waals surface area contributed by atoms with Crippen molar-refractivity contribution in [3.8, 4) is 0 Å². The summed E-state index contributed by atoms with van der Waals surface area (Å²) in [5.41, 5.74) is 0. The number of nitrogens with zero attached hydrogens (tertiary/aromatic N) is 4. The Morgan fingerprint density at radius 2 is 2.50 bits per heavy atom. The summed E-state index contributed by atoms with van der Waals surface area (Å²) in [6.45, 7) is 3.75. The van der Waals surface area contributed by atoms with Gasteiger partial charge < -0.3 is 9.88 Å². The van der Waals surface area contributed by atoms with Gasteiger partial charge in [0.15, 0.2) is 0 Å². The first kappa shape index (κ1) is 9.14. The zero-order chi connectivity index (χ0) is 9.80. The smallest absolute Gasteiger partial charge is 0.130 e. The summed E-state index contributed by atoms with van der Waals surface area (Å²) < 4.78 is 5.87. The van der Waals surface area contributed by atoms with E-state index in [1.54, 1.807) is 6.20 Å². The van der Waals surface area contributed by atoms with Gasteiger partial charge in [0, 0.05) is 30.5 Å². The number of anilines is 1. The Hall–Kier alpha value is -1.43. The van der Waals surface area contributed by atoms with E-state index in [-0.39, 0.29) is 0 Å². The normalized spacial score (nSPS) is 10.4. The van der Waals surface area contributed by atoms with Gasteiger partial charge in [0.05, 0.1) is 12.7 Å². The Labute approximate surface area is 86.0 Å². The van der Waals surface area contributed by atoms with Crippen LogP contribution < -0.4 is 5.32 Å².